The Hall–Kier alpha value is -1.63. The molecule has 1 heterocycles. The molecule has 1 atom stereocenters. The van der Waals surface area contributed by atoms with Gasteiger partial charge < -0.3 is 16.0 Å². The van der Waals surface area contributed by atoms with E-state index in [1.54, 1.807) is 13.8 Å². The Morgan fingerprint density at radius 2 is 2.05 bits per heavy atom. The summed E-state index contributed by atoms with van der Waals surface area (Å²) in [6.07, 6.45) is 0.767. The van der Waals surface area contributed by atoms with Crippen molar-refractivity contribution in [3.8, 4) is 0 Å². The van der Waals surface area contributed by atoms with Crippen LogP contribution in [0.1, 0.15) is 33.6 Å². The van der Waals surface area contributed by atoms with Gasteiger partial charge in [-0.1, -0.05) is 0 Å². The molecule has 1 fully saturated rings. The number of carbonyl (C=O) groups excluding carboxylic acids is 3. The van der Waals surface area contributed by atoms with Gasteiger partial charge in [0.1, 0.15) is 5.54 Å². The van der Waals surface area contributed by atoms with Crippen molar-refractivity contribution in [2.75, 3.05) is 20.1 Å². The van der Waals surface area contributed by atoms with Crippen molar-refractivity contribution in [2.45, 2.75) is 45.2 Å². The van der Waals surface area contributed by atoms with E-state index in [0.717, 1.165) is 0 Å². The lowest BCUT2D eigenvalue weighted by molar-refractivity contribution is -0.130. The van der Waals surface area contributed by atoms with Crippen LogP contribution in [0.15, 0.2) is 0 Å². The molecule has 0 aromatic carbocycles. The number of hydrogen-bond acceptors (Lipinski definition) is 4. The highest BCUT2D eigenvalue weighted by Gasteiger charge is 2.43. The van der Waals surface area contributed by atoms with Crippen LogP contribution in [0.3, 0.4) is 0 Å². The number of imide groups is 1. The van der Waals surface area contributed by atoms with Crippen molar-refractivity contribution in [3.63, 3.8) is 0 Å². The maximum Gasteiger partial charge on any atom is 0.325 e. The second-order valence-electron chi connectivity index (χ2n) is 5.61. The van der Waals surface area contributed by atoms with E-state index in [9.17, 15) is 14.4 Å². The fourth-order valence-corrected chi connectivity index (χ4v) is 1.88. The second kappa shape index (κ2) is 6.69. The Balaban J connectivity index is 2.29. The zero-order chi connectivity index (χ0) is 15.3. The quantitative estimate of drug-likeness (QED) is 0.566. The van der Waals surface area contributed by atoms with Gasteiger partial charge >= 0.3 is 6.03 Å². The molecule has 1 aliphatic heterocycles. The molecule has 7 nitrogen and oxygen atoms in total. The number of nitrogens with zero attached hydrogens (tertiary/aromatic N) is 1. The Kier molecular flexibility index (Phi) is 5.50. The fraction of sp³-hybridized carbons (Fsp3) is 0.769. The van der Waals surface area contributed by atoms with Gasteiger partial charge in [-0.3, -0.25) is 14.5 Å². The number of amides is 4. The number of rotatable bonds is 7. The summed E-state index contributed by atoms with van der Waals surface area (Å²) in [7, 11) is 1.83. The first-order valence-electron chi connectivity index (χ1n) is 6.86. The lowest BCUT2D eigenvalue weighted by atomic mass is 10.1. The SMILES string of the molecule is CNC(C)CNC(=O)CCCN1C(=O)NC(C)(C)C1=O. The largest absolute Gasteiger partial charge is 0.355 e. The lowest BCUT2D eigenvalue weighted by Gasteiger charge is -2.16. The van der Waals surface area contributed by atoms with Gasteiger partial charge in [-0.2, -0.15) is 0 Å². The summed E-state index contributed by atoms with van der Waals surface area (Å²) in [5.74, 6) is -0.315. The molecule has 1 unspecified atom stereocenters. The molecule has 114 valence electrons. The van der Waals surface area contributed by atoms with E-state index >= 15 is 0 Å². The lowest BCUT2D eigenvalue weighted by Crippen LogP contribution is -2.40. The Bertz CT molecular complexity index is 395. The predicted molar refractivity (Wildman–Crippen MR) is 75.1 cm³/mol. The molecular formula is C13H24N4O3. The molecule has 0 bridgehead atoms. The van der Waals surface area contributed by atoms with Crippen LogP contribution in [-0.2, 0) is 9.59 Å². The van der Waals surface area contributed by atoms with Crippen molar-refractivity contribution >= 4 is 17.8 Å². The molecule has 0 saturated carbocycles. The molecule has 20 heavy (non-hydrogen) atoms. The monoisotopic (exact) mass is 284 g/mol. The summed E-state index contributed by atoms with van der Waals surface area (Å²) >= 11 is 0. The predicted octanol–water partition coefficient (Wildman–Crippen LogP) is -0.179. The van der Waals surface area contributed by atoms with Gasteiger partial charge in [-0.15, -0.1) is 0 Å². The number of carbonyl (C=O) groups is 3. The molecule has 4 amide bonds. The maximum atomic E-state index is 11.9. The van der Waals surface area contributed by atoms with Crippen LogP contribution in [-0.4, -0.2) is 54.5 Å². The van der Waals surface area contributed by atoms with E-state index in [2.05, 4.69) is 16.0 Å². The summed E-state index contributed by atoms with van der Waals surface area (Å²) < 4.78 is 0. The average Bonchev–Trinajstić information content (AvgIpc) is 2.57. The van der Waals surface area contributed by atoms with Gasteiger partial charge in [0, 0.05) is 25.6 Å². The molecule has 1 aliphatic rings. The molecule has 1 rings (SSSR count). The highest BCUT2D eigenvalue weighted by atomic mass is 16.2. The van der Waals surface area contributed by atoms with Crippen LogP contribution >= 0.6 is 0 Å². The van der Waals surface area contributed by atoms with Crippen LogP contribution in [0, 0.1) is 0 Å². The minimum Gasteiger partial charge on any atom is -0.355 e. The van der Waals surface area contributed by atoms with E-state index in [0.29, 0.717) is 19.4 Å². The molecule has 3 N–H and O–H groups in total. The first kappa shape index (κ1) is 16.4. The number of nitrogens with one attached hydrogen (secondary N) is 3. The highest BCUT2D eigenvalue weighted by Crippen LogP contribution is 2.16. The minimum atomic E-state index is -0.846. The van der Waals surface area contributed by atoms with Gasteiger partial charge in [-0.05, 0) is 34.2 Å². The number of urea groups is 1. The smallest absolute Gasteiger partial charge is 0.325 e. The van der Waals surface area contributed by atoms with Crippen molar-refractivity contribution in [3.05, 3.63) is 0 Å². The summed E-state index contributed by atoms with van der Waals surface area (Å²) in [6, 6.07) is -0.171. The first-order chi connectivity index (χ1) is 9.27. The third-order valence-electron chi connectivity index (χ3n) is 3.33. The number of hydrogen-bond donors (Lipinski definition) is 3. The van der Waals surface area contributed by atoms with E-state index in [1.807, 2.05) is 14.0 Å². The zero-order valence-corrected chi connectivity index (χ0v) is 12.6. The van der Waals surface area contributed by atoms with Crippen molar-refractivity contribution < 1.29 is 14.4 Å². The summed E-state index contributed by atoms with van der Waals surface area (Å²) in [6.45, 7) is 6.13. The van der Waals surface area contributed by atoms with Crippen LogP contribution in [0.2, 0.25) is 0 Å². The Labute approximate surface area is 119 Å². The standard InChI is InChI=1S/C13H24N4O3/c1-9(14-4)8-15-10(18)6-5-7-17-11(19)13(2,3)16-12(17)20/h9,14H,5-8H2,1-4H3,(H,15,18)(H,16,20). The molecular weight excluding hydrogens is 260 g/mol. The van der Waals surface area contributed by atoms with Gasteiger partial charge in [0.25, 0.3) is 5.91 Å². The summed E-state index contributed by atoms with van der Waals surface area (Å²) in [5.41, 5.74) is -0.846. The normalized spacial score (nSPS) is 18.9. The molecule has 0 aromatic rings. The van der Waals surface area contributed by atoms with E-state index in [1.165, 1.54) is 4.90 Å². The van der Waals surface area contributed by atoms with Crippen LogP contribution < -0.4 is 16.0 Å². The van der Waals surface area contributed by atoms with Crippen molar-refractivity contribution in [1.82, 2.24) is 20.9 Å². The zero-order valence-electron chi connectivity index (χ0n) is 12.6. The average molecular weight is 284 g/mol. The molecule has 1 saturated heterocycles. The van der Waals surface area contributed by atoms with Crippen molar-refractivity contribution in [1.29, 1.82) is 0 Å². The highest BCUT2D eigenvalue weighted by molar-refractivity contribution is 6.06. The molecule has 0 aromatic heterocycles. The molecule has 0 radical (unpaired) electrons. The number of likely N-dealkylation sites (N-methyl/N-ethyl adjacent to an activating group) is 1. The first-order valence-corrected chi connectivity index (χ1v) is 6.86. The minimum absolute atomic E-state index is 0.0709. The fourth-order valence-electron chi connectivity index (χ4n) is 1.88. The maximum absolute atomic E-state index is 11.9. The van der Waals surface area contributed by atoms with Crippen LogP contribution in [0.4, 0.5) is 4.79 Å². The Morgan fingerprint density at radius 1 is 1.40 bits per heavy atom. The molecule has 0 spiro atoms. The van der Waals surface area contributed by atoms with Crippen molar-refractivity contribution in [2.24, 2.45) is 0 Å². The van der Waals surface area contributed by atoms with Crippen LogP contribution in [0.25, 0.3) is 0 Å². The third kappa shape index (κ3) is 4.19. The topological polar surface area (TPSA) is 90.5 Å². The second-order valence-corrected chi connectivity index (χ2v) is 5.61. The van der Waals surface area contributed by atoms with Gasteiger partial charge in [-0.25, -0.2) is 4.79 Å². The summed E-state index contributed by atoms with van der Waals surface area (Å²) in [5, 5.41) is 8.42. The summed E-state index contributed by atoms with van der Waals surface area (Å²) in [4.78, 5) is 36.3. The van der Waals surface area contributed by atoms with Gasteiger partial charge in [0.05, 0.1) is 0 Å². The Morgan fingerprint density at radius 3 is 2.55 bits per heavy atom. The van der Waals surface area contributed by atoms with E-state index in [4.69, 9.17) is 0 Å². The van der Waals surface area contributed by atoms with E-state index in [-0.39, 0.29) is 30.4 Å². The van der Waals surface area contributed by atoms with Crippen LogP contribution in [0.5, 0.6) is 0 Å². The van der Waals surface area contributed by atoms with E-state index < -0.39 is 5.54 Å². The third-order valence-corrected chi connectivity index (χ3v) is 3.33. The molecule has 7 heteroatoms. The van der Waals surface area contributed by atoms with Gasteiger partial charge in [0.2, 0.25) is 5.91 Å². The molecule has 0 aliphatic carbocycles. The van der Waals surface area contributed by atoms with Gasteiger partial charge in [0.15, 0.2) is 0 Å².